The van der Waals surface area contributed by atoms with Crippen molar-refractivity contribution >= 4 is 25.4 Å². The van der Waals surface area contributed by atoms with Gasteiger partial charge in [-0.2, -0.15) is 0 Å². The van der Waals surface area contributed by atoms with E-state index in [4.69, 9.17) is 9.47 Å². The van der Waals surface area contributed by atoms with E-state index in [1.165, 1.54) is 4.46 Å². The fraction of sp³-hybridized carbons (Fsp3) is 0.462. The molecular weight excluding hydrogens is 283 g/mol. The summed E-state index contributed by atoms with van der Waals surface area (Å²) in [7, 11) is 0. The maximum atomic E-state index is 11.5. The summed E-state index contributed by atoms with van der Waals surface area (Å²) in [5.41, 5.74) is 0. The predicted molar refractivity (Wildman–Crippen MR) is 66.6 cm³/mol. The third-order valence-electron chi connectivity index (χ3n) is 2.56. The average molecular weight is 299 g/mol. The van der Waals surface area contributed by atoms with Gasteiger partial charge in [0.1, 0.15) is 0 Å². The van der Waals surface area contributed by atoms with E-state index in [1.807, 2.05) is 13.0 Å². The standard InChI is InChI=1S/C13H16O3Se/c1-2-15-13(14)12-8-11(9-16-12)17-10-6-4-3-5-7-10/h3-7,11-12H,2,8-9H2,1H3. The van der Waals surface area contributed by atoms with Gasteiger partial charge in [0, 0.05) is 0 Å². The molecule has 0 aromatic heterocycles. The molecule has 0 amide bonds. The Morgan fingerprint density at radius 2 is 2.24 bits per heavy atom. The molecule has 0 bridgehead atoms. The number of rotatable bonds is 4. The van der Waals surface area contributed by atoms with Gasteiger partial charge >= 0.3 is 107 Å². The van der Waals surface area contributed by atoms with Crippen LogP contribution in [0, 0.1) is 0 Å². The van der Waals surface area contributed by atoms with Gasteiger partial charge in [-0.15, -0.1) is 0 Å². The summed E-state index contributed by atoms with van der Waals surface area (Å²) in [5, 5.41) is 0. The van der Waals surface area contributed by atoms with E-state index in [0.29, 0.717) is 33.0 Å². The number of hydrogen-bond acceptors (Lipinski definition) is 3. The van der Waals surface area contributed by atoms with Crippen LogP contribution < -0.4 is 4.46 Å². The molecule has 0 spiro atoms. The first-order valence-electron chi connectivity index (χ1n) is 5.79. The predicted octanol–water partition coefficient (Wildman–Crippen LogP) is 1.16. The molecule has 4 heteroatoms. The minimum absolute atomic E-state index is 0.209. The molecule has 0 radical (unpaired) electrons. The van der Waals surface area contributed by atoms with E-state index in [9.17, 15) is 4.79 Å². The zero-order valence-electron chi connectivity index (χ0n) is 9.80. The number of ether oxygens (including phenoxy) is 2. The Kier molecular flexibility index (Phi) is 4.60. The number of benzene rings is 1. The van der Waals surface area contributed by atoms with E-state index in [-0.39, 0.29) is 12.1 Å². The third-order valence-corrected chi connectivity index (χ3v) is 5.09. The van der Waals surface area contributed by atoms with E-state index < -0.39 is 0 Å². The molecule has 1 aromatic rings. The van der Waals surface area contributed by atoms with Crippen LogP contribution in [0.5, 0.6) is 0 Å². The molecule has 1 heterocycles. The summed E-state index contributed by atoms with van der Waals surface area (Å²) >= 11 is 0.377. The molecule has 0 aliphatic carbocycles. The molecule has 17 heavy (non-hydrogen) atoms. The van der Waals surface area contributed by atoms with Gasteiger partial charge in [-0.25, -0.2) is 0 Å². The maximum absolute atomic E-state index is 11.5. The first-order valence-corrected chi connectivity index (χ1v) is 7.64. The second-order valence-corrected chi connectivity index (χ2v) is 6.74. The summed E-state index contributed by atoms with van der Waals surface area (Å²) < 4.78 is 11.8. The number of carbonyl (C=O) groups is 1. The molecule has 92 valence electrons. The van der Waals surface area contributed by atoms with E-state index in [0.717, 1.165) is 6.42 Å². The Bertz CT molecular complexity index is 366. The van der Waals surface area contributed by atoms with Crippen molar-refractivity contribution < 1.29 is 14.3 Å². The van der Waals surface area contributed by atoms with Crippen LogP contribution in [0.4, 0.5) is 0 Å². The molecule has 1 fully saturated rings. The van der Waals surface area contributed by atoms with Gasteiger partial charge in [0.2, 0.25) is 0 Å². The van der Waals surface area contributed by atoms with E-state index in [2.05, 4.69) is 24.3 Å². The van der Waals surface area contributed by atoms with Gasteiger partial charge in [-0.05, 0) is 0 Å². The molecule has 0 N–H and O–H groups in total. The Morgan fingerprint density at radius 3 is 2.94 bits per heavy atom. The fourth-order valence-corrected chi connectivity index (χ4v) is 4.11. The Hall–Kier alpha value is -0.831. The second-order valence-electron chi connectivity index (χ2n) is 3.86. The van der Waals surface area contributed by atoms with Crippen LogP contribution >= 0.6 is 0 Å². The number of carbonyl (C=O) groups excluding carboxylic acids is 1. The van der Waals surface area contributed by atoms with Crippen molar-refractivity contribution in [2.75, 3.05) is 13.2 Å². The minimum atomic E-state index is -0.342. The van der Waals surface area contributed by atoms with Crippen LogP contribution in [0.25, 0.3) is 0 Å². The summed E-state index contributed by atoms with van der Waals surface area (Å²) in [6, 6.07) is 10.4. The van der Waals surface area contributed by atoms with Crippen molar-refractivity contribution in [3.63, 3.8) is 0 Å². The van der Waals surface area contributed by atoms with Crippen LogP contribution in [0.15, 0.2) is 30.3 Å². The normalized spacial score (nSPS) is 23.6. The Balaban J connectivity index is 1.84. The molecule has 2 rings (SSSR count). The molecule has 0 saturated carbocycles. The van der Waals surface area contributed by atoms with Crippen LogP contribution in [0.2, 0.25) is 4.82 Å². The molecular formula is C13H16O3Se. The molecule has 1 aliphatic rings. The molecule has 1 aliphatic heterocycles. The van der Waals surface area contributed by atoms with E-state index >= 15 is 0 Å². The van der Waals surface area contributed by atoms with Gasteiger partial charge in [0.15, 0.2) is 0 Å². The molecule has 1 aromatic carbocycles. The molecule has 2 unspecified atom stereocenters. The van der Waals surface area contributed by atoms with Crippen molar-refractivity contribution in [3.05, 3.63) is 30.3 Å². The molecule has 3 nitrogen and oxygen atoms in total. The SMILES string of the molecule is CCOC(=O)C1CC([Se]c2ccccc2)CO1. The zero-order valence-corrected chi connectivity index (χ0v) is 11.5. The van der Waals surface area contributed by atoms with Gasteiger partial charge in [0.25, 0.3) is 0 Å². The van der Waals surface area contributed by atoms with Crippen molar-refractivity contribution in [2.45, 2.75) is 24.3 Å². The fourth-order valence-electron chi connectivity index (χ4n) is 1.77. The van der Waals surface area contributed by atoms with Crippen molar-refractivity contribution in [1.82, 2.24) is 0 Å². The monoisotopic (exact) mass is 300 g/mol. The summed E-state index contributed by atoms with van der Waals surface area (Å²) in [6.07, 6.45) is 0.457. The van der Waals surface area contributed by atoms with Crippen molar-refractivity contribution in [3.8, 4) is 0 Å². The number of hydrogen-bond donors (Lipinski definition) is 0. The van der Waals surface area contributed by atoms with Crippen LogP contribution in [-0.2, 0) is 14.3 Å². The Morgan fingerprint density at radius 1 is 1.47 bits per heavy atom. The number of esters is 1. The van der Waals surface area contributed by atoms with Crippen LogP contribution in [0.1, 0.15) is 13.3 Å². The van der Waals surface area contributed by atoms with Gasteiger partial charge in [-0.1, -0.05) is 0 Å². The summed E-state index contributed by atoms with van der Waals surface area (Å²) in [4.78, 5) is 12.0. The second kappa shape index (κ2) is 6.20. The van der Waals surface area contributed by atoms with Crippen LogP contribution in [-0.4, -0.2) is 40.2 Å². The first-order chi connectivity index (χ1) is 8.29. The van der Waals surface area contributed by atoms with Crippen LogP contribution in [0.3, 0.4) is 0 Å². The topological polar surface area (TPSA) is 35.5 Å². The molecule has 2 atom stereocenters. The zero-order chi connectivity index (χ0) is 12.1. The van der Waals surface area contributed by atoms with E-state index in [1.54, 1.807) is 0 Å². The summed E-state index contributed by atoms with van der Waals surface area (Å²) in [5.74, 6) is -0.209. The first kappa shape index (κ1) is 12.6. The summed E-state index contributed by atoms with van der Waals surface area (Å²) in [6.45, 7) is 2.92. The Labute approximate surface area is 108 Å². The average Bonchev–Trinajstić information content (AvgIpc) is 2.79. The third kappa shape index (κ3) is 3.56. The van der Waals surface area contributed by atoms with Crippen molar-refractivity contribution in [2.24, 2.45) is 0 Å². The van der Waals surface area contributed by atoms with Gasteiger partial charge in [-0.3, -0.25) is 0 Å². The quantitative estimate of drug-likeness (QED) is 0.618. The van der Waals surface area contributed by atoms with Gasteiger partial charge in [0.05, 0.1) is 0 Å². The van der Waals surface area contributed by atoms with Crippen molar-refractivity contribution in [1.29, 1.82) is 0 Å². The molecule has 1 saturated heterocycles. The van der Waals surface area contributed by atoms with Gasteiger partial charge < -0.3 is 0 Å².